The Labute approximate surface area is 56.9 Å². The summed E-state index contributed by atoms with van der Waals surface area (Å²) in [4.78, 5) is 20.8. The fourth-order valence-electron chi connectivity index (χ4n) is 0.0492. The zero-order chi connectivity index (χ0) is 8.57. The number of rotatable bonds is 0. The Bertz CT molecular complexity index is 167. The quantitative estimate of drug-likeness (QED) is 0.237. The summed E-state index contributed by atoms with van der Waals surface area (Å²) in [5.74, 6) is -1.34. The first-order valence-corrected chi connectivity index (χ1v) is 2.12. The predicted octanol–water partition coefficient (Wildman–Crippen LogP) is -0.693. The summed E-state index contributed by atoms with van der Waals surface area (Å²) < 4.78 is 0. The number of aliphatic imine (C=N–C) groups is 1. The summed E-state index contributed by atoms with van der Waals surface area (Å²) in [7, 11) is 0. The number of carbonyl (C=O) groups excluding carboxylic acids is 1. The molecule has 56 valence electrons. The lowest BCUT2D eigenvalue weighted by Crippen LogP contribution is -2.03. The van der Waals surface area contributed by atoms with Gasteiger partial charge in [-0.1, -0.05) is 0 Å². The Hall–Kier alpha value is -1.68. The van der Waals surface area contributed by atoms with E-state index in [0.29, 0.717) is 0 Å². The smallest absolute Gasteiger partial charge is 0.300 e. The third-order valence-corrected chi connectivity index (χ3v) is 0.166. The topological polar surface area (TPSA) is 117 Å². The number of carboxylic acids is 1. The number of carbonyl (C=O) groups is 1. The van der Waals surface area contributed by atoms with E-state index < -0.39 is 11.9 Å². The number of nitrogens with one attached hydrogen (secondary N) is 1. The second-order valence-electron chi connectivity index (χ2n) is 1.11. The van der Waals surface area contributed by atoms with Crippen LogP contribution in [0.5, 0.6) is 0 Å². The molecule has 0 rings (SSSR count). The van der Waals surface area contributed by atoms with E-state index >= 15 is 0 Å². The number of carboxylic acid groups (broad SMARTS) is 1. The summed E-state index contributed by atoms with van der Waals surface area (Å²) in [6, 6.07) is 0. The second-order valence-corrected chi connectivity index (χ2v) is 1.11. The maximum Gasteiger partial charge on any atom is 0.300 e. The summed E-state index contributed by atoms with van der Waals surface area (Å²) >= 11 is 0. The van der Waals surface area contributed by atoms with Crippen LogP contribution in [0.15, 0.2) is 4.99 Å². The number of hydrogen-bond acceptors (Lipinski definition) is 3. The van der Waals surface area contributed by atoms with E-state index in [1.165, 1.54) is 0 Å². The van der Waals surface area contributed by atoms with Crippen molar-refractivity contribution < 1.29 is 14.7 Å². The van der Waals surface area contributed by atoms with E-state index in [0.717, 1.165) is 13.0 Å². The molecule has 6 nitrogen and oxygen atoms in total. The summed E-state index contributed by atoms with van der Waals surface area (Å²) in [6.07, 6.45) is 1.09. The first-order chi connectivity index (χ1) is 4.50. The highest BCUT2D eigenvalue weighted by Crippen LogP contribution is 1.50. The van der Waals surface area contributed by atoms with Crippen molar-refractivity contribution in [3.63, 3.8) is 0 Å². The molecule has 0 aliphatic heterocycles. The van der Waals surface area contributed by atoms with Gasteiger partial charge in [-0.15, -0.1) is 4.99 Å². The van der Waals surface area contributed by atoms with Crippen molar-refractivity contribution in [2.24, 2.45) is 10.7 Å². The molecule has 0 aromatic heterocycles. The van der Waals surface area contributed by atoms with Crippen molar-refractivity contribution in [1.82, 2.24) is 0 Å². The number of isocyanates is 1. The Morgan fingerprint density at radius 3 is 2.10 bits per heavy atom. The highest BCUT2D eigenvalue weighted by Gasteiger charge is 1.69. The number of hydrogen-bond donors (Lipinski definition) is 3. The van der Waals surface area contributed by atoms with E-state index in [2.05, 4.69) is 10.7 Å². The standard InChI is InChI=1S/C2H3N3O.C2H4O2/c3-2(4)5-1-6;1-2(3)4/h(H3,3,4);1H3,(H,3,4). The molecule has 6 heteroatoms. The molecule has 0 radical (unpaired) electrons. The molecule has 0 saturated heterocycles. The van der Waals surface area contributed by atoms with E-state index in [9.17, 15) is 0 Å². The lowest BCUT2D eigenvalue weighted by molar-refractivity contribution is -0.134. The summed E-state index contributed by atoms with van der Waals surface area (Å²) in [5.41, 5.74) is 4.56. The van der Waals surface area contributed by atoms with Gasteiger partial charge < -0.3 is 10.8 Å². The van der Waals surface area contributed by atoms with Crippen LogP contribution in [0.3, 0.4) is 0 Å². The van der Waals surface area contributed by atoms with Crippen LogP contribution in [0, 0.1) is 5.41 Å². The normalized spacial score (nSPS) is 6.10. The van der Waals surface area contributed by atoms with Gasteiger partial charge in [-0.2, -0.15) is 0 Å². The van der Waals surface area contributed by atoms with E-state index in [1.807, 2.05) is 0 Å². The van der Waals surface area contributed by atoms with Gasteiger partial charge in [0.15, 0.2) is 0 Å². The number of guanidine groups is 1. The monoisotopic (exact) mass is 145 g/mol. The molecule has 4 N–H and O–H groups in total. The van der Waals surface area contributed by atoms with Gasteiger partial charge in [-0.05, 0) is 0 Å². The maximum atomic E-state index is 9.10. The van der Waals surface area contributed by atoms with Crippen LogP contribution in [0.25, 0.3) is 0 Å². The van der Waals surface area contributed by atoms with Gasteiger partial charge in [0.1, 0.15) is 0 Å². The fraction of sp³-hybridized carbons (Fsp3) is 0.250. The Morgan fingerprint density at radius 2 is 2.10 bits per heavy atom. The molecule has 0 spiro atoms. The van der Waals surface area contributed by atoms with Crippen LogP contribution in [-0.4, -0.2) is 23.1 Å². The molecule has 0 aromatic carbocycles. The predicted molar refractivity (Wildman–Crippen MR) is 33.3 cm³/mol. The average Bonchev–Trinajstić information content (AvgIpc) is 1.62. The van der Waals surface area contributed by atoms with Gasteiger partial charge in [0.05, 0.1) is 0 Å². The van der Waals surface area contributed by atoms with Crippen molar-refractivity contribution in [2.45, 2.75) is 6.92 Å². The van der Waals surface area contributed by atoms with E-state index in [4.69, 9.17) is 20.1 Å². The fourth-order valence-corrected chi connectivity index (χ4v) is 0.0492. The molecule has 0 aliphatic carbocycles. The zero-order valence-electron chi connectivity index (χ0n) is 5.29. The molecule has 0 fully saturated rings. The number of nitrogens with zero attached hydrogens (tertiary/aromatic N) is 1. The molecule has 0 saturated carbocycles. The summed E-state index contributed by atoms with van der Waals surface area (Å²) in [5, 5.41) is 13.7. The summed E-state index contributed by atoms with van der Waals surface area (Å²) in [6.45, 7) is 1.08. The van der Waals surface area contributed by atoms with Gasteiger partial charge in [-0.25, -0.2) is 4.79 Å². The van der Waals surface area contributed by atoms with Gasteiger partial charge in [-0.3, -0.25) is 10.2 Å². The van der Waals surface area contributed by atoms with Crippen molar-refractivity contribution in [3.05, 3.63) is 0 Å². The molecule has 0 unspecified atom stereocenters. The van der Waals surface area contributed by atoms with Gasteiger partial charge in [0, 0.05) is 6.92 Å². The molecule has 0 bridgehead atoms. The minimum Gasteiger partial charge on any atom is -0.481 e. The van der Waals surface area contributed by atoms with Crippen molar-refractivity contribution in [2.75, 3.05) is 0 Å². The van der Waals surface area contributed by atoms with Crippen molar-refractivity contribution in [3.8, 4) is 0 Å². The second kappa shape index (κ2) is 7.32. The molecule has 0 aliphatic rings. The Morgan fingerprint density at radius 1 is 1.80 bits per heavy atom. The Kier molecular flexibility index (Phi) is 8.17. The number of nitrogens with two attached hydrogens (primary N) is 1. The van der Waals surface area contributed by atoms with Gasteiger partial charge in [0.25, 0.3) is 5.97 Å². The van der Waals surface area contributed by atoms with E-state index in [-0.39, 0.29) is 0 Å². The van der Waals surface area contributed by atoms with Crippen LogP contribution >= 0.6 is 0 Å². The molecule has 0 heterocycles. The van der Waals surface area contributed by atoms with Crippen LogP contribution in [-0.2, 0) is 9.59 Å². The van der Waals surface area contributed by atoms with Gasteiger partial charge in [0.2, 0.25) is 12.0 Å². The minimum atomic E-state index is -0.833. The number of aliphatic carboxylic acids is 1. The average molecular weight is 145 g/mol. The SMILES string of the molecule is CC(=O)O.N=C(N)N=C=O. The maximum absolute atomic E-state index is 9.10. The lowest BCUT2D eigenvalue weighted by atomic mass is 10.9. The Balaban J connectivity index is 0. The third kappa shape index (κ3) is 103. The molecule has 0 atom stereocenters. The van der Waals surface area contributed by atoms with Crippen LogP contribution in [0.2, 0.25) is 0 Å². The highest BCUT2D eigenvalue weighted by molar-refractivity contribution is 5.79. The molecule has 0 aromatic rings. The zero-order valence-corrected chi connectivity index (χ0v) is 5.29. The molecular formula is C4H7N3O3. The lowest BCUT2D eigenvalue weighted by Gasteiger charge is -1.69. The van der Waals surface area contributed by atoms with Crippen LogP contribution < -0.4 is 5.73 Å². The third-order valence-electron chi connectivity index (χ3n) is 0.166. The van der Waals surface area contributed by atoms with Crippen LogP contribution in [0.1, 0.15) is 6.92 Å². The first kappa shape index (κ1) is 11.2. The largest absolute Gasteiger partial charge is 0.481 e. The van der Waals surface area contributed by atoms with Crippen molar-refractivity contribution in [1.29, 1.82) is 5.41 Å². The van der Waals surface area contributed by atoms with Crippen molar-refractivity contribution >= 4 is 18.0 Å². The van der Waals surface area contributed by atoms with Gasteiger partial charge >= 0.3 is 0 Å². The molecule has 0 amide bonds. The molecular weight excluding hydrogens is 138 g/mol. The first-order valence-electron chi connectivity index (χ1n) is 2.12. The minimum absolute atomic E-state index is 0.509. The highest BCUT2D eigenvalue weighted by atomic mass is 16.4. The van der Waals surface area contributed by atoms with E-state index in [1.54, 1.807) is 0 Å². The van der Waals surface area contributed by atoms with Crippen LogP contribution in [0.4, 0.5) is 0 Å². The molecule has 10 heavy (non-hydrogen) atoms.